The van der Waals surface area contributed by atoms with Gasteiger partial charge in [-0.05, 0) is 41.3 Å². The van der Waals surface area contributed by atoms with Crippen LogP contribution in [0.25, 0.3) is 0 Å². The van der Waals surface area contributed by atoms with Crippen molar-refractivity contribution in [1.29, 1.82) is 0 Å². The van der Waals surface area contributed by atoms with E-state index in [-0.39, 0.29) is 11.9 Å². The van der Waals surface area contributed by atoms with Gasteiger partial charge in [0, 0.05) is 10.2 Å². The second kappa shape index (κ2) is 9.77. The molecule has 0 radical (unpaired) electrons. The second-order valence-electron chi connectivity index (χ2n) is 6.39. The average molecular weight is 440 g/mol. The molecular weight excluding hydrogens is 418 g/mol. The van der Waals surface area contributed by atoms with Crippen LogP contribution in [-0.4, -0.2) is 11.7 Å². The van der Waals surface area contributed by atoms with Crippen molar-refractivity contribution < 1.29 is 4.79 Å². The molecule has 3 rings (SSSR count). The van der Waals surface area contributed by atoms with Gasteiger partial charge in [0.25, 0.3) is 0 Å². The third-order valence-corrected chi connectivity index (χ3v) is 5.89. The maximum absolute atomic E-state index is 12.6. The fourth-order valence-electron chi connectivity index (χ4n) is 2.94. The van der Waals surface area contributed by atoms with Crippen LogP contribution in [0.2, 0.25) is 0 Å². The van der Waals surface area contributed by atoms with Gasteiger partial charge in [-0.15, -0.1) is 11.8 Å². The lowest BCUT2D eigenvalue weighted by Gasteiger charge is -2.21. The van der Waals surface area contributed by atoms with Gasteiger partial charge in [-0.25, -0.2) is 0 Å². The van der Waals surface area contributed by atoms with E-state index < -0.39 is 0 Å². The summed E-state index contributed by atoms with van der Waals surface area (Å²) in [5.74, 6) is 1.31. The van der Waals surface area contributed by atoms with Gasteiger partial charge in [-0.2, -0.15) is 0 Å². The molecule has 0 aliphatic heterocycles. The molecule has 0 saturated heterocycles. The Morgan fingerprint density at radius 3 is 2.33 bits per heavy atom. The van der Waals surface area contributed by atoms with Crippen LogP contribution in [-0.2, 0) is 10.5 Å². The van der Waals surface area contributed by atoms with Crippen LogP contribution in [0.3, 0.4) is 0 Å². The number of rotatable bonds is 7. The maximum atomic E-state index is 12.6. The Kier molecular flexibility index (Phi) is 7.13. The first kappa shape index (κ1) is 19.7. The van der Waals surface area contributed by atoms with E-state index in [1.54, 1.807) is 11.8 Å². The number of hydrogen-bond acceptors (Lipinski definition) is 2. The first-order chi connectivity index (χ1) is 13.1. The lowest BCUT2D eigenvalue weighted by molar-refractivity contribution is -0.119. The van der Waals surface area contributed by atoms with Gasteiger partial charge in [0.15, 0.2) is 0 Å². The summed E-state index contributed by atoms with van der Waals surface area (Å²) < 4.78 is 1.07. The van der Waals surface area contributed by atoms with Crippen molar-refractivity contribution in [2.24, 2.45) is 0 Å². The minimum absolute atomic E-state index is 0.0502. The third kappa shape index (κ3) is 5.72. The number of carbonyl (C=O) groups excluding carboxylic acids is 1. The summed E-state index contributed by atoms with van der Waals surface area (Å²) in [5, 5.41) is 3.22. The largest absolute Gasteiger partial charge is 0.344 e. The first-order valence-electron chi connectivity index (χ1n) is 8.85. The highest BCUT2D eigenvalue weighted by Gasteiger charge is 2.18. The summed E-state index contributed by atoms with van der Waals surface area (Å²) >= 11 is 5.07. The second-order valence-corrected chi connectivity index (χ2v) is 8.29. The molecule has 1 amide bonds. The van der Waals surface area contributed by atoms with Crippen LogP contribution in [0.1, 0.15) is 28.3 Å². The molecular formula is C23H22BrNOS. The zero-order valence-electron chi connectivity index (χ0n) is 15.2. The summed E-state index contributed by atoms with van der Waals surface area (Å²) in [4.78, 5) is 12.6. The van der Waals surface area contributed by atoms with Crippen LogP contribution >= 0.6 is 27.7 Å². The minimum atomic E-state index is -0.131. The smallest absolute Gasteiger partial charge is 0.230 e. The van der Waals surface area contributed by atoms with Gasteiger partial charge in [0.05, 0.1) is 11.8 Å². The lowest BCUT2D eigenvalue weighted by Crippen LogP contribution is -2.31. The molecule has 4 heteroatoms. The lowest BCUT2D eigenvalue weighted by atomic mass is 9.95. The fraction of sp³-hybridized carbons (Fsp3) is 0.174. The molecule has 0 aromatic heterocycles. The predicted octanol–water partition coefficient (Wildman–Crippen LogP) is 5.90. The van der Waals surface area contributed by atoms with E-state index >= 15 is 0 Å². The predicted molar refractivity (Wildman–Crippen MR) is 118 cm³/mol. The Morgan fingerprint density at radius 2 is 1.63 bits per heavy atom. The molecule has 1 atom stereocenters. The van der Waals surface area contributed by atoms with Crippen molar-refractivity contribution in [3.05, 3.63) is 106 Å². The summed E-state index contributed by atoms with van der Waals surface area (Å²) in [7, 11) is 0. The molecule has 3 aromatic carbocycles. The van der Waals surface area contributed by atoms with Crippen molar-refractivity contribution in [2.45, 2.75) is 18.7 Å². The number of benzene rings is 3. The Balaban J connectivity index is 1.66. The molecule has 0 unspecified atom stereocenters. The number of carbonyl (C=O) groups is 1. The summed E-state index contributed by atoms with van der Waals surface area (Å²) in [6.07, 6.45) is 0. The van der Waals surface area contributed by atoms with Crippen molar-refractivity contribution in [3.8, 4) is 0 Å². The molecule has 0 fully saturated rings. The highest BCUT2D eigenvalue weighted by atomic mass is 79.9. The molecule has 2 nitrogen and oxygen atoms in total. The minimum Gasteiger partial charge on any atom is -0.344 e. The molecule has 0 aliphatic carbocycles. The van der Waals surface area contributed by atoms with Gasteiger partial charge in [0.2, 0.25) is 5.91 Å². The van der Waals surface area contributed by atoms with Crippen molar-refractivity contribution in [2.75, 3.05) is 5.75 Å². The summed E-state index contributed by atoms with van der Waals surface area (Å²) in [5.41, 5.74) is 4.62. The fourth-order valence-corrected chi connectivity index (χ4v) is 4.00. The Morgan fingerprint density at radius 1 is 0.963 bits per heavy atom. The van der Waals surface area contributed by atoms with Gasteiger partial charge in [-0.1, -0.05) is 82.7 Å². The van der Waals surface area contributed by atoms with E-state index in [0.717, 1.165) is 21.4 Å². The SMILES string of the molecule is Cc1ccccc1[C@H](NC(=O)CSCc1ccc(Br)cc1)c1ccccc1. The number of aryl methyl sites for hydroxylation is 1. The number of halogens is 1. The number of hydrogen-bond donors (Lipinski definition) is 1. The standard InChI is InChI=1S/C23H22BrNOS/c1-17-7-5-6-10-21(17)23(19-8-3-2-4-9-19)25-22(26)16-27-15-18-11-13-20(24)14-12-18/h2-14,23H,15-16H2,1H3,(H,25,26)/t23-/m1/s1. The summed E-state index contributed by atoms with van der Waals surface area (Å²) in [6.45, 7) is 2.08. The zero-order valence-corrected chi connectivity index (χ0v) is 17.6. The Labute approximate surface area is 173 Å². The van der Waals surface area contributed by atoms with E-state index in [2.05, 4.69) is 64.6 Å². The Bertz CT molecular complexity index is 880. The van der Waals surface area contributed by atoms with E-state index in [1.165, 1.54) is 11.1 Å². The van der Waals surface area contributed by atoms with Crippen LogP contribution in [0.5, 0.6) is 0 Å². The van der Waals surface area contributed by atoms with Gasteiger partial charge >= 0.3 is 0 Å². The van der Waals surface area contributed by atoms with E-state index in [1.807, 2.05) is 42.5 Å². The molecule has 0 spiro atoms. The zero-order chi connectivity index (χ0) is 19.1. The first-order valence-corrected chi connectivity index (χ1v) is 10.8. The van der Waals surface area contributed by atoms with E-state index in [9.17, 15) is 4.79 Å². The molecule has 0 aliphatic rings. The van der Waals surface area contributed by atoms with Crippen LogP contribution in [0.4, 0.5) is 0 Å². The van der Waals surface area contributed by atoms with Crippen molar-refractivity contribution in [1.82, 2.24) is 5.32 Å². The number of amides is 1. The molecule has 0 saturated carbocycles. The quantitative estimate of drug-likeness (QED) is 0.496. The molecule has 0 bridgehead atoms. The molecule has 27 heavy (non-hydrogen) atoms. The third-order valence-electron chi connectivity index (χ3n) is 4.35. The number of thioether (sulfide) groups is 1. The maximum Gasteiger partial charge on any atom is 0.230 e. The monoisotopic (exact) mass is 439 g/mol. The Hall–Kier alpha value is -2.04. The normalized spacial score (nSPS) is 11.8. The topological polar surface area (TPSA) is 29.1 Å². The van der Waals surface area contributed by atoms with Crippen LogP contribution in [0.15, 0.2) is 83.3 Å². The van der Waals surface area contributed by atoms with Crippen molar-refractivity contribution >= 4 is 33.6 Å². The van der Waals surface area contributed by atoms with Gasteiger partial charge in [0.1, 0.15) is 0 Å². The van der Waals surface area contributed by atoms with Crippen LogP contribution in [0, 0.1) is 6.92 Å². The van der Waals surface area contributed by atoms with Crippen LogP contribution < -0.4 is 5.32 Å². The highest BCUT2D eigenvalue weighted by molar-refractivity contribution is 9.10. The molecule has 3 aromatic rings. The van der Waals surface area contributed by atoms with E-state index in [0.29, 0.717) is 5.75 Å². The molecule has 138 valence electrons. The van der Waals surface area contributed by atoms with E-state index in [4.69, 9.17) is 0 Å². The number of nitrogens with one attached hydrogen (secondary N) is 1. The van der Waals surface area contributed by atoms with Crippen molar-refractivity contribution in [3.63, 3.8) is 0 Å². The molecule has 1 N–H and O–H groups in total. The summed E-state index contributed by atoms with van der Waals surface area (Å²) in [6, 6.07) is 26.4. The average Bonchev–Trinajstić information content (AvgIpc) is 2.69. The van der Waals surface area contributed by atoms with Gasteiger partial charge < -0.3 is 5.32 Å². The van der Waals surface area contributed by atoms with Gasteiger partial charge in [-0.3, -0.25) is 4.79 Å². The highest BCUT2D eigenvalue weighted by Crippen LogP contribution is 2.25. The molecule has 0 heterocycles.